The molecule has 1 amide bonds. The smallest absolute Gasteiger partial charge is 0.223 e. The van der Waals surface area contributed by atoms with Gasteiger partial charge in [0.25, 0.3) is 0 Å². The monoisotopic (exact) mass is 331 g/mol. The number of nitrogens with zero attached hydrogens (tertiary/aromatic N) is 3. The Morgan fingerprint density at radius 2 is 2.25 bits per heavy atom. The molecule has 0 radical (unpaired) electrons. The predicted octanol–water partition coefficient (Wildman–Crippen LogP) is 3.08. The quantitative estimate of drug-likeness (QED) is 0.764. The number of halogens is 1. The maximum atomic E-state index is 13.5. The van der Waals surface area contributed by atoms with Gasteiger partial charge in [-0.15, -0.1) is 0 Å². The van der Waals surface area contributed by atoms with Gasteiger partial charge >= 0.3 is 0 Å². The number of aromatic nitrogens is 2. The Morgan fingerprint density at radius 3 is 3.00 bits per heavy atom. The molecule has 0 saturated carbocycles. The van der Waals surface area contributed by atoms with Crippen molar-refractivity contribution < 1.29 is 13.9 Å². The van der Waals surface area contributed by atoms with Crippen LogP contribution in [0.25, 0.3) is 0 Å². The van der Waals surface area contributed by atoms with Crippen molar-refractivity contribution in [2.75, 3.05) is 13.2 Å². The summed E-state index contributed by atoms with van der Waals surface area (Å²) < 4.78 is 20.6. The number of rotatable bonds is 6. The second-order valence-electron chi connectivity index (χ2n) is 6.07. The lowest BCUT2D eigenvalue weighted by Gasteiger charge is -2.24. The van der Waals surface area contributed by atoms with Crippen molar-refractivity contribution in [3.8, 4) is 5.75 Å². The first-order chi connectivity index (χ1) is 11.6. The number of aryl methyl sites for hydroxylation is 1. The third-order valence-electron chi connectivity index (χ3n) is 4.31. The number of carbonyl (C=O) groups excluding carboxylic acids is 1. The zero-order chi connectivity index (χ0) is 16.9. The summed E-state index contributed by atoms with van der Waals surface area (Å²) >= 11 is 0. The molecule has 128 valence electrons. The second-order valence-corrected chi connectivity index (χ2v) is 6.07. The van der Waals surface area contributed by atoms with Crippen LogP contribution in [0.1, 0.15) is 37.3 Å². The molecule has 1 aliphatic rings. The van der Waals surface area contributed by atoms with E-state index >= 15 is 0 Å². The molecule has 0 spiro atoms. The van der Waals surface area contributed by atoms with Crippen molar-refractivity contribution in [2.45, 2.75) is 31.7 Å². The third-order valence-corrected chi connectivity index (χ3v) is 4.31. The number of benzene rings is 1. The fourth-order valence-corrected chi connectivity index (χ4v) is 3.13. The first-order valence-electron chi connectivity index (χ1n) is 8.30. The standard InChI is InChI=1S/C18H22FN3O2/c1-21-13-14(12-20-21)16-7-4-10-22(16)18(23)9-5-11-24-17-8-3-2-6-15(17)19/h2-3,6,8,12-13,16H,4-5,7,9-11H2,1H3/t16-/m0/s1. The lowest BCUT2D eigenvalue weighted by molar-refractivity contribution is -0.132. The number of carbonyl (C=O) groups is 1. The topological polar surface area (TPSA) is 47.4 Å². The van der Waals surface area contributed by atoms with Crippen molar-refractivity contribution in [1.82, 2.24) is 14.7 Å². The summed E-state index contributed by atoms with van der Waals surface area (Å²) in [6.45, 7) is 1.12. The zero-order valence-corrected chi connectivity index (χ0v) is 13.8. The van der Waals surface area contributed by atoms with Crippen LogP contribution in [0.4, 0.5) is 4.39 Å². The van der Waals surface area contributed by atoms with Crippen molar-refractivity contribution in [2.24, 2.45) is 7.05 Å². The molecule has 0 bridgehead atoms. The molecule has 0 N–H and O–H groups in total. The van der Waals surface area contributed by atoms with Gasteiger partial charge in [-0.05, 0) is 31.4 Å². The largest absolute Gasteiger partial charge is 0.491 e. The summed E-state index contributed by atoms with van der Waals surface area (Å²) in [7, 11) is 1.88. The lowest BCUT2D eigenvalue weighted by atomic mass is 10.1. The first kappa shape index (κ1) is 16.5. The molecule has 1 saturated heterocycles. The molecule has 6 heteroatoms. The Hall–Kier alpha value is -2.37. The van der Waals surface area contributed by atoms with Gasteiger partial charge < -0.3 is 9.64 Å². The van der Waals surface area contributed by atoms with E-state index in [0.717, 1.165) is 24.9 Å². The molecule has 2 aromatic rings. The average Bonchev–Trinajstić information content (AvgIpc) is 3.21. The van der Waals surface area contributed by atoms with Crippen LogP contribution in [0.3, 0.4) is 0 Å². The van der Waals surface area contributed by atoms with Crippen LogP contribution >= 0.6 is 0 Å². The minimum absolute atomic E-state index is 0.124. The van der Waals surface area contributed by atoms with Gasteiger partial charge in [0.2, 0.25) is 5.91 Å². The van der Waals surface area contributed by atoms with E-state index < -0.39 is 0 Å². The number of amides is 1. The highest BCUT2D eigenvalue weighted by atomic mass is 19.1. The lowest BCUT2D eigenvalue weighted by Crippen LogP contribution is -2.30. The van der Waals surface area contributed by atoms with Gasteiger partial charge in [-0.25, -0.2) is 4.39 Å². The van der Waals surface area contributed by atoms with Crippen molar-refractivity contribution in [3.05, 3.63) is 48.0 Å². The summed E-state index contributed by atoms with van der Waals surface area (Å²) in [5.74, 6) is -0.0159. The first-order valence-corrected chi connectivity index (χ1v) is 8.30. The second kappa shape index (κ2) is 7.47. The molecule has 1 aromatic carbocycles. The van der Waals surface area contributed by atoms with Crippen molar-refractivity contribution in [3.63, 3.8) is 0 Å². The average molecular weight is 331 g/mol. The van der Waals surface area contributed by atoms with E-state index in [1.807, 2.05) is 24.3 Å². The highest BCUT2D eigenvalue weighted by molar-refractivity contribution is 5.77. The van der Waals surface area contributed by atoms with E-state index in [2.05, 4.69) is 5.10 Å². The number of hydrogen-bond acceptors (Lipinski definition) is 3. The van der Waals surface area contributed by atoms with Gasteiger partial charge in [0.1, 0.15) is 0 Å². The number of likely N-dealkylation sites (tertiary alicyclic amines) is 1. The molecule has 24 heavy (non-hydrogen) atoms. The molecular formula is C18H22FN3O2. The minimum Gasteiger partial charge on any atom is -0.491 e. The van der Waals surface area contributed by atoms with Gasteiger partial charge in [0.05, 0.1) is 18.8 Å². The van der Waals surface area contributed by atoms with Crippen molar-refractivity contribution >= 4 is 5.91 Å². The Bertz CT molecular complexity index is 701. The van der Waals surface area contributed by atoms with Crippen LogP contribution in [-0.4, -0.2) is 33.7 Å². The Labute approximate surface area is 141 Å². The van der Waals surface area contributed by atoms with Gasteiger partial charge in [0, 0.05) is 31.8 Å². The highest BCUT2D eigenvalue weighted by Crippen LogP contribution is 2.32. The summed E-state index contributed by atoms with van der Waals surface area (Å²) in [6, 6.07) is 6.43. The summed E-state index contributed by atoms with van der Waals surface area (Å²) in [5.41, 5.74) is 1.09. The van der Waals surface area contributed by atoms with Crippen LogP contribution in [0.2, 0.25) is 0 Å². The molecule has 1 atom stereocenters. The van der Waals surface area contributed by atoms with Gasteiger partial charge in [-0.2, -0.15) is 5.10 Å². The maximum Gasteiger partial charge on any atom is 0.223 e. The van der Waals surface area contributed by atoms with Crippen LogP contribution < -0.4 is 4.74 Å². The molecule has 2 heterocycles. The summed E-state index contributed by atoms with van der Waals surface area (Å²) in [5, 5.41) is 4.20. The highest BCUT2D eigenvalue weighted by Gasteiger charge is 2.30. The Kier molecular flexibility index (Phi) is 5.13. The predicted molar refractivity (Wildman–Crippen MR) is 88.0 cm³/mol. The molecular weight excluding hydrogens is 309 g/mol. The molecule has 5 nitrogen and oxygen atoms in total. The summed E-state index contributed by atoms with van der Waals surface area (Å²) in [4.78, 5) is 14.4. The zero-order valence-electron chi connectivity index (χ0n) is 13.8. The van der Waals surface area contributed by atoms with E-state index in [4.69, 9.17) is 4.74 Å². The number of ether oxygens (including phenoxy) is 1. The fraction of sp³-hybridized carbons (Fsp3) is 0.444. The normalized spacial score (nSPS) is 17.2. The molecule has 1 aliphatic heterocycles. The third kappa shape index (κ3) is 3.75. The molecule has 1 aromatic heterocycles. The van der Waals surface area contributed by atoms with Crippen LogP contribution in [0, 0.1) is 5.82 Å². The van der Waals surface area contributed by atoms with Gasteiger partial charge in [-0.3, -0.25) is 9.48 Å². The molecule has 1 fully saturated rings. The molecule has 0 unspecified atom stereocenters. The van der Waals surface area contributed by atoms with Gasteiger partial charge in [-0.1, -0.05) is 12.1 Å². The van der Waals surface area contributed by atoms with E-state index in [1.54, 1.807) is 22.9 Å². The van der Waals surface area contributed by atoms with Crippen molar-refractivity contribution in [1.29, 1.82) is 0 Å². The van der Waals surface area contributed by atoms with E-state index in [1.165, 1.54) is 6.07 Å². The summed E-state index contributed by atoms with van der Waals surface area (Å²) in [6.07, 6.45) is 6.77. The molecule has 0 aliphatic carbocycles. The minimum atomic E-state index is -0.375. The Balaban J connectivity index is 1.49. The molecule has 3 rings (SSSR count). The number of para-hydroxylation sites is 1. The SMILES string of the molecule is Cn1cc([C@@H]2CCCN2C(=O)CCCOc2ccccc2F)cn1. The maximum absolute atomic E-state index is 13.5. The van der Waals surface area contributed by atoms with Crippen LogP contribution in [0.5, 0.6) is 5.75 Å². The fourth-order valence-electron chi connectivity index (χ4n) is 3.13. The van der Waals surface area contributed by atoms with E-state index in [0.29, 0.717) is 19.4 Å². The van der Waals surface area contributed by atoms with Gasteiger partial charge in [0.15, 0.2) is 11.6 Å². The number of hydrogen-bond donors (Lipinski definition) is 0. The van der Waals surface area contributed by atoms with Crippen LogP contribution in [0.15, 0.2) is 36.7 Å². The Morgan fingerprint density at radius 1 is 1.42 bits per heavy atom. The van der Waals surface area contributed by atoms with Crippen LogP contribution in [-0.2, 0) is 11.8 Å². The van der Waals surface area contributed by atoms with E-state index in [9.17, 15) is 9.18 Å². The van der Waals surface area contributed by atoms with E-state index in [-0.39, 0.29) is 23.5 Å².